The van der Waals surface area contributed by atoms with E-state index in [2.05, 4.69) is 65.6 Å². The number of para-hydroxylation sites is 3. The van der Waals surface area contributed by atoms with Crippen molar-refractivity contribution < 1.29 is 0 Å². The van der Waals surface area contributed by atoms with Gasteiger partial charge in [0.25, 0.3) is 0 Å². The minimum Gasteiger partial charge on any atom is -0.397 e. The maximum Gasteiger partial charge on any atom is 0.0691 e. The van der Waals surface area contributed by atoms with Crippen LogP contribution in [-0.4, -0.2) is 0 Å². The molecular formula is C22H18N2. The van der Waals surface area contributed by atoms with E-state index in [1.807, 2.05) is 36.4 Å². The van der Waals surface area contributed by atoms with Crippen LogP contribution < -0.4 is 10.6 Å². The highest BCUT2D eigenvalue weighted by Crippen LogP contribution is 2.38. The Morgan fingerprint density at radius 2 is 1.21 bits per heavy atom. The maximum absolute atomic E-state index is 6.27. The average Bonchev–Trinajstić information content (AvgIpc) is 2.64. The number of nitrogens with zero attached hydrogens (tertiary/aromatic N) is 1. The van der Waals surface area contributed by atoms with Gasteiger partial charge < -0.3 is 10.6 Å². The van der Waals surface area contributed by atoms with Gasteiger partial charge in [0, 0.05) is 11.4 Å². The minimum atomic E-state index is 0.759. The first-order valence-electron chi connectivity index (χ1n) is 8.01. The Kier molecular flexibility index (Phi) is 3.64. The SMILES string of the molecule is Nc1ccccc1N(c1ccccc1)c1ccc2ccccc2c1. The number of benzene rings is 4. The average molecular weight is 310 g/mol. The molecule has 116 valence electrons. The first-order chi connectivity index (χ1) is 11.8. The summed E-state index contributed by atoms with van der Waals surface area (Å²) >= 11 is 0. The van der Waals surface area contributed by atoms with Crippen LogP contribution in [0.3, 0.4) is 0 Å². The lowest BCUT2D eigenvalue weighted by molar-refractivity contribution is 1.29. The maximum atomic E-state index is 6.27. The van der Waals surface area contributed by atoms with E-state index in [1.165, 1.54) is 10.8 Å². The van der Waals surface area contributed by atoms with Crippen LogP contribution in [0, 0.1) is 0 Å². The van der Waals surface area contributed by atoms with Crippen molar-refractivity contribution in [2.45, 2.75) is 0 Å². The van der Waals surface area contributed by atoms with Gasteiger partial charge in [-0.2, -0.15) is 0 Å². The molecule has 0 aliphatic carbocycles. The second-order valence-corrected chi connectivity index (χ2v) is 5.76. The van der Waals surface area contributed by atoms with E-state index >= 15 is 0 Å². The molecule has 0 fully saturated rings. The quantitative estimate of drug-likeness (QED) is 0.478. The van der Waals surface area contributed by atoms with E-state index in [9.17, 15) is 0 Å². The Hall–Kier alpha value is -3.26. The van der Waals surface area contributed by atoms with Crippen molar-refractivity contribution >= 4 is 33.5 Å². The van der Waals surface area contributed by atoms with Gasteiger partial charge in [-0.15, -0.1) is 0 Å². The highest BCUT2D eigenvalue weighted by molar-refractivity contribution is 5.91. The first-order valence-corrected chi connectivity index (χ1v) is 8.01. The lowest BCUT2D eigenvalue weighted by atomic mass is 10.1. The van der Waals surface area contributed by atoms with E-state index in [-0.39, 0.29) is 0 Å². The molecule has 0 atom stereocenters. The Morgan fingerprint density at radius 1 is 0.542 bits per heavy atom. The van der Waals surface area contributed by atoms with E-state index in [4.69, 9.17) is 5.73 Å². The molecule has 0 spiro atoms. The van der Waals surface area contributed by atoms with Crippen LogP contribution in [0.15, 0.2) is 97.1 Å². The summed E-state index contributed by atoms with van der Waals surface area (Å²) in [5.74, 6) is 0. The highest BCUT2D eigenvalue weighted by atomic mass is 15.1. The van der Waals surface area contributed by atoms with Gasteiger partial charge in [-0.1, -0.05) is 60.7 Å². The lowest BCUT2D eigenvalue weighted by Crippen LogP contribution is -2.11. The molecule has 0 saturated heterocycles. The Morgan fingerprint density at radius 3 is 2.00 bits per heavy atom. The molecular weight excluding hydrogens is 292 g/mol. The summed E-state index contributed by atoms with van der Waals surface area (Å²) in [6.07, 6.45) is 0. The molecule has 24 heavy (non-hydrogen) atoms. The third-order valence-corrected chi connectivity index (χ3v) is 4.18. The molecule has 0 unspecified atom stereocenters. The van der Waals surface area contributed by atoms with E-state index < -0.39 is 0 Å². The predicted molar refractivity (Wildman–Crippen MR) is 103 cm³/mol. The summed E-state index contributed by atoms with van der Waals surface area (Å²) in [5.41, 5.74) is 10.2. The van der Waals surface area contributed by atoms with Crippen LogP contribution >= 0.6 is 0 Å². The van der Waals surface area contributed by atoms with Gasteiger partial charge in [0.2, 0.25) is 0 Å². The summed E-state index contributed by atoms with van der Waals surface area (Å²) in [7, 11) is 0. The first kappa shape index (κ1) is 14.3. The number of fused-ring (bicyclic) bond motifs is 1. The van der Waals surface area contributed by atoms with Crippen LogP contribution in [0.1, 0.15) is 0 Å². The summed E-state index contributed by atoms with van der Waals surface area (Å²) < 4.78 is 0. The molecule has 2 N–H and O–H groups in total. The third kappa shape index (κ3) is 2.59. The Labute approximate surface area is 141 Å². The number of hydrogen-bond acceptors (Lipinski definition) is 2. The summed E-state index contributed by atoms with van der Waals surface area (Å²) in [4.78, 5) is 2.20. The van der Waals surface area contributed by atoms with Crippen molar-refractivity contribution in [2.75, 3.05) is 10.6 Å². The Bertz CT molecular complexity index is 977. The molecule has 0 heterocycles. The van der Waals surface area contributed by atoms with Crippen molar-refractivity contribution in [1.82, 2.24) is 0 Å². The zero-order valence-corrected chi connectivity index (χ0v) is 13.3. The molecule has 2 heteroatoms. The third-order valence-electron chi connectivity index (χ3n) is 4.18. The number of nitrogens with two attached hydrogens (primary N) is 1. The second-order valence-electron chi connectivity index (χ2n) is 5.76. The smallest absolute Gasteiger partial charge is 0.0691 e. The molecule has 0 saturated carbocycles. The minimum absolute atomic E-state index is 0.759. The summed E-state index contributed by atoms with van der Waals surface area (Å²) in [6, 6.07) is 33.2. The predicted octanol–water partition coefficient (Wildman–Crippen LogP) is 5.89. The van der Waals surface area contributed by atoms with Gasteiger partial charge in [0.15, 0.2) is 0 Å². The zero-order chi connectivity index (χ0) is 16.4. The van der Waals surface area contributed by atoms with Crippen molar-refractivity contribution in [3.8, 4) is 0 Å². The topological polar surface area (TPSA) is 29.3 Å². The van der Waals surface area contributed by atoms with Crippen molar-refractivity contribution in [3.63, 3.8) is 0 Å². The molecule has 4 rings (SSSR count). The number of nitrogen functional groups attached to an aromatic ring is 1. The molecule has 0 aliphatic heterocycles. The van der Waals surface area contributed by atoms with Gasteiger partial charge in [0.05, 0.1) is 11.4 Å². The van der Waals surface area contributed by atoms with Crippen molar-refractivity contribution in [3.05, 3.63) is 97.1 Å². The van der Waals surface area contributed by atoms with Gasteiger partial charge in [-0.25, -0.2) is 0 Å². The number of hydrogen-bond donors (Lipinski definition) is 1. The molecule has 0 radical (unpaired) electrons. The number of anilines is 4. The molecule has 0 aromatic heterocycles. The monoisotopic (exact) mass is 310 g/mol. The van der Waals surface area contributed by atoms with Crippen LogP contribution in [0.25, 0.3) is 10.8 Å². The highest BCUT2D eigenvalue weighted by Gasteiger charge is 2.14. The largest absolute Gasteiger partial charge is 0.397 e. The van der Waals surface area contributed by atoms with E-state index in [1.54, 1.807) is 0 Å². The normalized spacial score (nSPS) is 10.7. The second kappa shape index (κ2) is 6.09. The lowest BCUT2D eigenvalue weighted by Gasteiger charge is -2.26. The van der Waals surface area contributed by atoms with E-state index in [0.29, 0.717) is 0 Å². The van der Waals surface area contributed by atoms with E-state index in [0.717, 1.165) is 22.7 Å². The van der Waals surface area contributed by atoms with Crippen molar-refractivity contribution in [1.29, 1.82) is 0 Å². The van der Waals surface area contributed by atoms with Crippen LogP contribution in [0.5, 0.6) is 0 Å². The molecule has 0 aliphatic rings. The fraction of sp³-hybridized carbons (Fsp3) is 0. The molecule has 4 aromatic rings. The molecule has 0 bridgehead atoms. The fourth-order valence-electron chi connectivity index (χ4n) is 3.01. The van der Waals surface area contributed by atoms with Crippen LogP contribution in [-0.2, 0) is 0 Å². The molecule has 0 amide bonds. The molecule has 4 aromatic carbocycles. The van der Waals surface area contributed by atoms with Crippen LogP contribution in [0.2, 0.25) is 0 Å². The van der Waals surface area contributed by atoms with Gasteiger partial charge in [-0.05, 0) is 47.2 Å². The zero-order valence-electron chi connectivity index (χ0n) is 13.3. The summed E-state index contributed by atoms with van der Waals surface area (Å²) in [5, 5.41) is 2.45. The molecule has 2 nitrogen and oxygen atoms in total. The van der Waals surface area contributed by atoms with Crippen molar-refractivity contribution in [2.24, 2.45) is 0 Å². The van der Waals surface area contributed by atoms with Gasteiger partial charge >= 0.3 is 0 Å². The Balaban J connectivity index is 1.93. The fourth-order valence-corrected chi connectivity index (χ4v) is 3.01. The van der Waals surface area contributed by atoms with Gasteiger partial charge in [-0.3, -0.25) is 0 Å². The van der Waals surface area contributed by atoms with Gasteiger partial charge in [0.1, 0.15) is 0 Å². The number of rotatable bonds is 3. The van der Waals surface area contributed by atoms with Crippen LogP contribution in [0.4, 0.5) is 22.7 Å². The standard InChI is InChI=1S/C22H18N2/c23-21-12-6-7-13-22(21)24(19-10-2-1-3-11-19)20-15-14-17-8-4-5-9-18(17)16-20/h1-16H,23H2. The summed E-state index contributed by atoms with van der Waals surface area (Å²) in [6.45, 7) is 0.